The van der Waals surface area contributed by atoms with E-state index in [4.69, 9.17) is 23.2 Å². The lowest BCUT2D eigenvalue weighted by atomic mass is 10.2. The minimum Gasteiger partial charge on any atom is -0.338 e. The summed E-state index contributed by atoms with van der Waals surface area (Å²) in [6.45, 7) is 0. The number of aromatic nitrogens is 2. The lowest BCUT2D eigenvalue weighted by Gasteiger charge is -1.95. The van der Waals surface area contributed by atoms with E-state index in [1.807, 2.05) is 36.4 Å². The predicted octanol–water partition coefficient (Wildman–Crippen LogP) is 5.30. The van der Waals surface area contributed by atoms with Gasteiger partial charge in [0.15, 0.2) is 0 Å². The van der Waals surface area contributed by atoms with Crippen molar-refractivity contribution < 1.29 is 0 Å². The monoisotopic (exact) mass is 340 g/mol. The Kier molecular flexibility index (Phi) is 3.06. The van der Waals surface area contributed by atoms with Crippen LogP contribution < -0.4 is 0 Å². The summed E-state index contributed by atoms with van der Waals surface area (Å²) in [5.74, 6) is 0.796. The molecule has 3 rings (SSSR count). The summed E-state index contributed by atoms with van der Waals surface area (Å²) >= 11 is 15.3. The van der Waals surface area contributed by atoms with Crippen LogP contribution in [-0.2, 0) is 0 Å². The summed E-state index contributed by atoms with van der Waals surface area (Å²) in [5, 5.41) is 1.37. The number of hydrogen-bond acceptors (Lipinski definition) is 1. The molecule has 18 heavy (non-hydrogen) atoms. The van der Waals surface area contributed by atoms with E-state index in [9.17, 15) is 0 Å². The van der Waals surface area contributed by atoms with Crippen LogP contribution in [0.2, 0.25) is 10.0 Å². The molecule has 0 saturated heterocycles. The lowest BCUT2D eigenvalue weighted by Crippen LogP contribution is -1.78. The number of H-pyrrole nitrogens is 1. The van der Waals surface area contributed by atoms with Crippen molar-refractivity contribution in [3.8, 4) is 11.4 Å². The van der Waals surface area contributed by atoms with E-state index in [0.29, 0.717) is 10.0 Å². The van der Waals surface area contributed by atoms with Crippen molar-refractivity contribution in [2.75, 3.05) is 0 Å². The number of fused-ring (bicyclic) bond motifs is 1. The lowest BCUT2D eigenvalue weighted by molar-refractivity contribution is 1.33. The Morgan fingerprint density at radius 2 is 1.72 bits per heavy atom. The summed E-state index contributed by atoms with van der Waals surface area (Å²) in [7, 11) is 0. The second-order valence-electron chi connectivity index (χ2n) is 3.88. The minimum absolute atomic E-state index is 0.667. The van der Waals surface area contributed by atoms with Crippen molar-refractivity contribution in [1.29, 1.82) is 0 Å². The van der Waals surface area contributed by atoms with E-state index in [0.717, 1.165) is 26.9 Å². The molecule has 0 amide bonds. The molecule has 0 atom stereocenters. The van der Waals surface area contributed by atoms with Gasteiger partial charge in [-0.1, -0.05) is 23.2 Å². The highest BCUT2D eigenvalue weighted by Gasteiger charge is 2.09. The first-order chi connectivity index (χ1) is 8.63. The van der Waals surface area contributed by atoms with Gasteiger partial charge in [-0.15, -0.1) is 0 Å². The molecule has 0 bridgehead atoms. The Balaban J connectivity index is 2.19. The van der Waals surface area contributed by atoms with Crippen LogP contribution in [0.15, 0.2) is 40.9 Å². The van der Waals surface area contributed by atoms with Gasteiger partial charge in [0.1, 0.15) is 11.3 Å². The van der Waals surface area contributed by atoms with Gasteiger partial charge in [0.2, 0.25) is 0 Å². The van der Waals surface area contributed by atoms with Gasteiger partial charge in [0.25, 0.3) is 0 Å². The van der Waals surface area contributed by atoms with E-state index in [1.54, 1.807) is 0 Å². The zero-order valence-corrected chi connectivity index (χ0v) is 12.1. The Bertz CT molecular complexity index is 720. The fraction of sp³-hybridized carbons (Fsp3) is 0. The molecule has 5 heteroatoms. The number of imidazole rings is 1. The molecule has 90 valence electrons. The van der Waals surface area contributed by atoms with E-state index in [2.05, 4.69) is 25.9 Å². The van der Waals surface area contributed by atoms with Crippen LogP contribution in [0.3, 0.4) is 0 Å². The first-order valence-electron chi connectivity index (χ1n) is 5.24. The van der Waals surface area contributed by atoms with Gasteiger partial charge in [0, 0.05) is 20.1 Å². The maximum absolute atomic E-state index is 6.00. The molecule has 0 spiro atoms. The van der Waals surface area contributed by atoms with Crippen LogP contribution in [0.1, 0.15) is 0 Å². The van der Waals surface area contributed by atoms with Crippen LogP contribution in [0.4, 0.5) is 0 Å². The second kappa shape index (κ2) is 4.57. The third-order valence-electron chi connectivity index (χ3n) is 2.62. The van der Waals surface area contributed by atoms with Crippen molar-refractivity contribution in [2.45, 2.75) is 0 Å². The van der Waals surface area contributed by atoms with Crippen molar-refractivity contribution in [1.82, 2.24) is 9.97 Å². The molecule has 1 aromatic heterocycles. The number of halogens is 3. The van der Waals surface area contributed by atoms with Gasteiger partial charge in [-0.05, 0) is 52.3 Å². The number of aromatic amines is 1. The molecule has 1 heterocycles. The average Bonchev–Trinajstić information content (AvgIpc) is 2.74. The molecular weight excluding hydrogens is 335 g/mol. The van der Waals surface area contributed by atoms with E-state index < -0.39 is 0 Å². The highest BCUT2D eigenvalue weighted by Crippen LogP contribution is 2.29. The van der Waals surface area contributed by atoms with Crippen LogP contribution in [0.25, 0.3) is 22.4 Å². The maximum Gasteiger partial charge on any atom is 0.138 e. The summed E-state index contributed by atoms with van der Waals surface area (Å²) < 4.78 is 0.876. The molecule has 1 N–H and O–H groups in total. The van der Waals surface area contributed by atoms with Gasteiger partial charge in [-0.3, -0.25) is 0 Å². The van der Waals surface area contributed by atoms with E-state index in [-0.39, 0.29) is 0 Å². The maximum atomic E-state index is 6.00. The number of rotatable bonds is 1. The molecule has 0 radical (unpaired) electrons. The Hall–Kier alpha value is -1.03. The van der Waals surface area contributed by atoms with Gasteiger partial charge < -0.3 is 4.98 Å². The van der Waals surface area contributed by atoms with Crippen molar-refractivity contribution in [3.05, 3.63) is 50.9 Å². The van der Waals surface area contributed by atoms with Gasteiger partial charge >= 0.3 is 0 Å². The predicted molar refractivity (Wildman–Crippen MR) is 79.2 cm³/mol. The summed E-state index contributed by atoms with van der Waals surface area (Å²) in [4.78, 5) is 7.79. The number of nitrogens with one attached hydrogen (secondary N) is 1. The van der Waals surface area contributed by atoms with E-state index in [1.165, 1.54) is 0 Å². The molecule has 0 fully saturated rings. The largest absolute Gasteiger partial charge is 0.338 e. The Morgan fingerprint density at radius 1 is 1.00 bits per heavy atom. The summed E-state index contributed by atoms with van der Waals surface area (Å²) in [5.41, 5.74) is 2.75. The Labute approximate surface area is 122 Å². The SMILES string of the molecule is Clc1ccc(-c2nc3c(Br)cc(Cl)cc3[nH]2)cc1. The number of benzene rings is 2. The fourth-order valence-corrected chi connectivity index (χ4v) is 2.81. The van der Waals surface area contributed by atoms with Crippen LogP contribution in [0.5, 0.6) is 0 Å². The number of nitrogens with zero attached hydrogens (tertiary/aromatic N) is 1. The minimum atomic E-state index is 0.667. The van der Waals surface area contributed by atoms with E-state index >= 15 is 0 Å². The van der Waals surface area contributed by atoms with Gasteiger partial charge in [-0.25, -0.2) is 4.98 Å². The zero-order valence-electron chi connectivity index (χ0n) is 9.05. The fourth-order valence-electron chi connectivity index (χ4n) is 1.79. The topological polar surface area (TPSA) is 28.7 Å². The van der Waals surface area contributed by atoms with Crippen molar-refractivity contribution >= 4 is 50.2 Å². The first kappa shape index (κ1) is 12.0. The van der Waals surface area contributed by atoms with Gasteiger partial charge in [0.05, 0.1) is 5.52 Å². The summed E-state index contributed by atoms with van der Waals surface area (Å²) in [6.07, 6.45) is 0. The average molecular weight is 342 g/mol. The third-order valence-corrected chi connectivity index (χ3v) is 3.70. The molecule has 2 aromatic carbocycles. The smallest absolute Gasteiger partial charge is 0.138 e. The molecule has 2 nitrogen and oxygen atoms in total. The van der Waals surface area contributed by atoms with Crippen molar-refractivity contribution in [3.63, 3.8) is 0 Å². The normalized spacial score (nSPS) is 11.1. The Morgan fingerprint density at radius 3 is 2.44 bits per heavy atom. The molecule has 0 aliphatic carbocycles. The second-order valence-corrected chi connectivity index (χ2v) is 5.60. The van der Waals surface area contributed by atoms with Crippen LogP contribution in [0, 0.1) is 0 Å². The molecule has 0 aliphatic heterocycles. The first-order valence-corrected chi connectivity index (χ1v) is 6.79. The zero-order chi connectivity index (χ0) is 12.7. The standard InChI is InChI=1S/C13H7BrCl2N2/c14-10-5-9(16)6-11-12(10)18-13(17-11)7-1-3-8(15)4-2-7/h1-6H,(H,17,18). The number of hydrogen-bond donors (Lipinski definition) is 1. The molecule has 0 saturated carbocycles. The molecule has 0 aliphatic rings. The van der Waals surface area contributed by atoms with Crippen LogP contribution >= 0.6 is 39.1 Å². The quantitative estimate of drug-likeness (QED) is 0.639. The van der Waals surface area contributed by atoms with Gasteiger partial charge in [-0.2, -0.15) is 0 Å². The molecular formula is C13H7BrCl2N2. The highest BCUT2D eigenvalue weighted by molar-refractivity contribution is 9.10. The van der Waals surface area contributed by atoms with Crippen molar-refractivity contribution in [2.24, 2.45) is 0 Å². The molecule has 3 aromatic rings. The highest BCUT2D eigenvalue weighted by atomic mass is 79.9. The summed E-state index contributed by atoms with van der Waals surface area (Å²) in [6, 6.07) is 11.2. The van der Waals surface area contributed by atoms with Crippen LogP contribution in [-0.4, -0.2) is 9.97 Å². The molecule has 0 unspecified atom stereocenters. The third kappa shape index (κ3) is 2.14.